The largest absolute Gasteiger partial charge is 0.235 e. The van der Waals surface area contributed by atoms with Gasteiger partial charge in [-0.25, -0.2) is 4.79 Å². The molecule has 3 heteroatoms. The van der Waals surface area contributed by atoms with E-state index in [-0.39, 0.29) is 6.04 Å². The predicted octanol–water partition coefficient (Wildman–Crippen LogP) is 2.85. The van der Waals surface area contributed by atoms with Crippen molar-refractivity contribution in [3.8, 4) is 0 Å². The van der Waals surface area contributed by atoms with Crippen molar-refractivity contribution in [3.05, 3.63) is 34.3 Å². The molecule has 0 aliphatic rings. The Morgan fingerprint density at radius 1 is 1.58 bits per heavy atom. The third kappa shape index (κ3) is 2.29. The highest BCUT2D eigenvalue weighted by Gasteiger charge is 2.01. The SMILES string of the molecule is CC(N=C=O)c1cccc(Br)c1. The van der Waals surface area contributed by atoms with Gasteiger partial charge in [-0.05, 0) is 24.6 Å². The summed E-state index contributed by atoms with van der Waals surface area (Å²) in [6.07, 6.45) is 1.55. The quantitative estimate of drug-likeness (QED) is 0.563. The van der Waals surface area contributed by atoms with Crippen LogP contribution >= 0.6 is 15.9 Å². The average Bonchev–Trinajstić information content (AvgIpc) is 2.05. The Balaban J connectivity index is 2.94. The van der Waals surface area contributed by atoms with Crippen LogP contribution in [0.3, 0.4) is 0 Å². The molecule has 0 heterocycles. The Morgan fingerprint density at radius 3 is 2.92 bits per heavy atom. The van der Waals surface area contributed by atoms with Crippen LogP contribution in [0, 0.1) is 0 Å². The molecule has 0 radical (unpaired) electrons. The van der Waals surface area contributed by atoms with Crippen LogP contribution in [0.25, 0.3) is 0 Å². The maximum atomic E-state index is 9.97. The Labute approximate surface area is 79.5 Å². The lowest BCUT2D eigenvalue weighted by atomic mass is 10.1. The van der Waals surface area contributed by atoms with Crippen molar-refractivity contribution in [3.63, 3.8) is 0 Å². The van der Waals surface area contributed by atoms with Gasteiger partial charge in [-0.1, -0.05) is 28.1 Å². The first-order valence-corrected chi connectivity index (χ1v) is 4.36. The van der Waals surface area contributed by atoms with Crippen molar-refractivity contribution in [2.24, 2.45) is 4.99 Å². The van der Waals surface area contributed by atoms with Crippen LogP contribution in [0.1, 0.15) is 18.5 Å². The maximum Gasteiger partial charge on any atom is 0.235 e. The summed E-state index contributed by atoms with van der Waals surface area (Å²) in [7, 11) is 0. The second-order valence-corrected chi connectivity index (χ2v) is 3.37. The maximum absolute atomic E-state index is 9.97. The van der Waals surface area contributed by atoms with Crippen LogP contribution in [0.5, 0.6) is 0 Å². The second kappa shape index (κ2) is 4.19. The molecule has 2 nitrogen and oxygen atoms in total. The van der Waals surface area contributed by atoms with E-state index in [9.17, 15) is 4.79 Å². The molecule has 0 fully saturated rings. The van der Waals surface area contributed by atoms with Crippen LogP contribution < -0.4 is 0 Å². The lowest BCUT2D eigenvalue weighted by Crippen LogP contribution is -1.87. The number of halogens is 1. The fourth-order valence-electron chi connectivity index (χ4n) is 0.920. The zero-order valence-corrected chi connectivity index (χ0v) is 8.21. The van der Waals surface area contributed by atoms with Crippen molar-refractivity contribution in [2.45, 2.75) is 13.0 Å². The molecule has 0 bridgehead atoms. The van der Waals surface area contributed by atoms with Crippen molar-refractivity contribution in [2.75, 3.05) is 0 Å². The minimum atomic E-state index is -0.111. The van der Waals surface area contributed by atoms with Crippen LogP contribution in [0.15, 0.2) is 33.7 Å². The number of benzene rings is 1. The molecule has 1 aromatic carbocycles. The molecule has 1 aromatic rings. The van der Waals surface area contributed by atoms with Crippen molar-refractivity contribution >= 4 is 22.0 Å². The van der Waals surface area contributed by atoms with Crippen LogP contribution in [-0.2, 0) is 4.79 Å². The Morgan fingerprint density at radius 2 is 2.33 bits per heavy atom. The van der Waals surface area contributed by atoms with Crippen molar-refractivity contribution in [1.82, 2.24) is 0 Å². The minimum absolute atomic E-state index is 0.111. The molecule has 62 valence electrons. The summed E-state index contributed by atoms with van der Waals surface area (Å²) in [5.41, 5.74) is 1.01. The normalized spacial score (nSPS) is 11.8. The third-order valence-electron chi connectivity index (χ3n) is 1.58. The molecule has 0 spiro atoms. The number of isocyanates is 1. The van der Waals surface area contributed by atoms with E-state index in [1.807, 2.05) is 31.2 Å². The zero-order valence-electron chi connectivity index (χ0n) is 6.62. The van der Waals surface area contributed by atoms with E-state index in [4.69, 9.17) is 0 Å². The van der Waals surface area contributed by atoms with E-state index in [0.29, 0.717) is 0 Å². The topological polar surface area (TPSA) is 29.4 Å². The molecule has 12 heavy (non-hydrogen) atoms. The van der Waals surface area contributed by atoms with Crippen LogP contribution in [-0.4, -0.2) is 6.08 Å². The van der Waals surface area contributed by atoms with E-state index in [1.165, 1.54) is 0 Å². The number of carbonyl (C=O) groups excluding carboxylic acids is 1. The predicted molar refractivity (Wildman–Crippen MR) is 50.7 cm³/mol. The van der Waals surface area contributed by atoms with Gasteiger partial charge in [0.1, 0.15) is 0 Å². The molecule has 0 saturated heterocycles. The summed E-state index contributed by atoms with van der Waals surface area (Å²) in [4.78, 5) is 13.6. The van der Waals surface area contributed by atoms with Crippen LogP contribution in [0.4, 0.5) is 0 Å². The van der Waals surface area contributed by atoms with E-state index in [2.05, 4.69) is 20.9 Å². The lowest BCUT2D eigenvalue weighted by molar-refractivity contribution is 0.559. The van der Waals surface area contributed by atoms with E-state index < -0.39 is 0 Å². The highest BCUT2D eigenvalue weighted by Crippen LogP contribution is 2.19. The van der Waals surface area contributed by atoms with Gasteiger partial charge in [0.15, 0.2) is 0 Å². The number of hydrogen-bond acceptors (Lipinski definition) is 2. The first-order valence-electron chi connectivity index (χ1n) is 3.56. The fourth-order valence-corrected chi connectivity index (χ4v) is 1.34. The lowest BCUT2D eigenvalue weighted by Gasteiger charge is -2.03. The van der Waals surface area contributed by atoms with Gasteiger partial charge in [0.05, 0.1) is 6.04 Å². The summed E-state index contributed by atoms with van der Waals surface area (Å²) in [5, 5.41) is 0. The van der Waals surface area contributed by atoms with Gasteiger partial charge in [-0.2, -0.15) is 4.99 Å². The number of nitrogens with zero attached hydrogens (tertiary/aromatic N) is 1. The van der Waals surface area contributed by atoms with Gasteiger partial charge in [0, 0.05) is 4.47 Å². The molecule has 1 atom stereocenters. The first kappa shape index (κ1) is 9.17. The summed E-state index contributed by atoms with van der Waals surface area (Å²) in [6, 6.07) is 7.60. The first-order chi connectivity index (χ1) is 5.74. The highest BCUT2D eigenvalue weighted by molar-refractivity contribution is 9.10. The summed E-state index contributed by atoms with van der Waals surface area (Å²) < 4.78 is 0.993. The Kier molecular flexibility index (Phi) is 3.20. The smallest absolute Gasteiger partial charge is 0.211 e. The van der Waals surface area contributed by atoms with Gasteiger partial charge in [0.25, 0.3) is 0 Å². The van der Waals surface area contributed by atoms with Gasteiger partial charge in [-0.3, -0.25) is 0 Å². The highest BCUT2D eigenvalue weighted by atomic mass is 79.9. The standard InChI is InChI=1S/C9H8BrNO/c1-7(11-6-12)8-3-2-4-9(10)5-8/h2-5,7H,1H3. The molecular weight excluding hydrogens is 218 g/mol. The van der Waals surface area contributed by atoms with Gasteiger partial charge >= 0.3 is 0 Å². The minimum Gasteiger partial charge on any atom is -0.211 e. The van der Waals surface area contributed by atoms with Crippen molar-refractivity contribution in [1.29, 1.82) is 0 Å². The molecule has 1 rings (SSSR count). The third-order valence-corrected chi connectivity index (χ3v) is 2.07. The zero-order chi connectivity index (χ0) is 8.97. The molecule has 1 unspecified atom stereocenters. The average molecular weight is 226 g/mol. The molecule has 0 aliphatic heterocycles. The molecule has 0 aliphatic carbocycles. The van der Waals surface area contributed by atoms with Crippen molar-refractivity contribution < 1.29 is 4.79 Å². The van der Waals surface area contributed by atoms with Gasteiger partial charge in [-0.15, -0.1) is 0 Å². The Hall–Kier alpha value is -0.920. The fraction of sp³-hybridized carbons (Fsp3) is 0.222. The molecule has 0 aromatic heterocycles. The molecule has 0 N–H and O–H groups in total. The summed E-state index contributed by atoms with van der Waals surface area (Å²) >= 11 is 3.34. The molecule has 0 saturated carbocycles. The van der Waals surface area contributed by atoms with E-state index in [0.717, 1.165) is 10.0 Å². The van der Waals surface area contributed by atoms with Gasteiger partial charge in [0.2, 0.25) is 6.08 Å². The van der Waals surface area contributed by atoms with E-state index >= 15 is 0 Å². The number of hydrogen-bond donors (Lipinski definition) is 0. The van der Waals surface area contributed by atoms with Crippen LogP contribution in [0.2, 0.25) is 0 Å². The Bertz CT molecular complexity index is 318. The molecule has 0 amide bonds. The molecular formula is C9H8BrNO. The van der Waals surface area contributed by atoms with E-state index in [1.54, 1.807) is 6.08 Å². The monoisotopic (exact) mass is 225 g/mol. The number of rotatable bonds is 2. The number of aliphatic imine (C=N–C) groups is 1. The second-order valence-electron chi connectivity index (χ2n) is 2.45. The van der Waals surface area contributed by atoms with Gasteiger partial charge < -0.3 is 0 Å². The summed E-state index contributed by atoms with van der Waals surface area (Å²) in [6.45, 7) is 1.85. The summed E-state index contributed by atoms with van der Waals surface area (Å²) in [5.74, 6) is 0.